The van der Waals surface area contributed by atoms with Crippen LogP contribution in [-0.4, -0.2) is 28.0 Å². The van der Waals surface area contributed by atoms with E-state index in [2.05, 4.69) is 6.92 Å². The number of carboxylic acids is 1. The third kappa shape index (κ3) is 5.68. The van der Waals surface area contributed by atoms with Crippen LogP contribution in [0.3, 0.4) is 0 Å². The van der Waals surface area contributed by atoms with Crippen LogP contribution in [0.25, 0.3) is 0 Å². The Morgan fingerprint density at radius 1 is 0.912 bits per heavy atom. The van der Waals surface area contributed by atoms with Crippen LogP contribution < -0.4 is 5.73 Å². The largest absolute Gasteiger partial charge is 0.478 e. The van der Waals surface area contributed by atoms with Gasteiger partial charge in [-0.3, -0.25) is 0 Å². The zero-order valence-corrected chi connectivity index (χ0v) is 19.8. The number of rotatable bonds is 8. The Labute approximate surface area is 203 Å². The number of nitrogens with two attached hydrogens (primary N) is 1. The van der Waals surface area contributed by atoms with Crippen molar-refractivity contribution in [1.29, 1.82) is 0 Å². The van der Waals surface area contributed by atoms with Crippen molar-refractivity contribution in [2.45, 2.75) is 43.5 Å². The Morgan fingerprint density at radius 3 is 2.12 bits per heavy atom. The van der Waals surface area contributed by atoms with Gasteiger partial charge in [0, 0.05) is 28.7 Å². The monoisotopic (exact) mass is 479 g/mol. The first-order valence-electron chi connectivity index (χ1n) is 11.2. The molecule has 1 aliphatic heterocycles. The number of hydrogen-bond donors (Lipinski definition) is 3. The van der Waals surface area contributed by atoms with E-state index in [0.717, 1.165) is 27.1 Å². The number of benzene rings is 3. The second-order valence-corrected chi connectivity index (χ2v) is 9.50. The SMILES string of the molecule is C[C@H]1[C@@H](CSc2ccc(C(=O)O)cc2)O[C@@H](c2ccc(CN)cc2)O[C@H]1c1ccc(CO)cc1. The highest BCUT2D eigenvalue weighted by Crippen LogP contribution is 2.43. The predicted molar refractivity (Wildman–Crippen MR) is 131 cm³/mol. The predicted octanol–water partition coefficient (Wildman–Crippen LogP) is 4.92. The van der Waals surface area contributed by atoms with Gasteiger partial charge >= 0.3 is 5.97 Å². The highest BCUT2D eigenvalue weighted by molar-refractivity contribution is 7.99. The van der Waals surface area contributed by atoms with Crippen LogP contribution in [0.15, 0.2) is 77.7 Å². The highest BCUT2D eigenvalue weighted by Gasteiger charge is 2.38. The first-order chi connectivity index (χ1) is 16.5. The van der Waals surface area contributed by atoms with Crippen molar-refractivity contribution in [1.82, 2.24) is 0 Å². The molecular formula is C27H29NO5S. The summed E-state index contributed by atoms with van der Waals surface area (Å²) in [6, 6.07) is 22.7. The molecule has 1 aliphatic rings. The Morgan fingerprint density at radius 2 is 1.53 bits per heavy atom. The number of carboxylic acid groups (broad SMARTS) is 1. The second kappa shape index (κ2) is 11.2. The van der Waals surface area contributed by atoms with E-state index >= 15 is 0 Å². The number of aliphatic hydroxyl groups excluding tert-OH is 1. The Kier molecular flexibility index (Phi) is 8.03. The van der Waals surface area contributed by atoms with Crippen LogP contribution in [0.4, 0.5) is 0 Å². The summed E-state index contributed by atoms with van der Waals surface area (Å²) in [5.74, 6) is -0.165. The molecule has 6 nitrogen and oxygen atoms in total. The molecule has 178 valence electrons. The maximum atomic E-state index is 11.1. The van der Waals surface area contributed by atoms with Crippen molar-refractivity contribution in [2.24, 2.45) is 11.7 Å². The van der Waals surface area contributed by atoms with Gasteiger partial charge in [0.05, 0.1) is 24.4 Å². The lowest BCUT2D eigenvalue weighted by Gasteiger charge is -2.41. The minimum Gasteiger partial charge on any atom is -0.478 e. The number of ether oxygens (including phenoxy) is 2. The van der Waals surface area contributed by atoms with E-state index in [1.165, 1.54) is 0 Å². The molecule has 1 saturated heterocycles. The quantitative estimate of drug-likeness (QED) is 0.394. The molecule has 0 saturated carbocycles. The molecular weight excluding hydrogens is 450 g/mol. The maximum Gasteiger partial charge on any atom is 0.335 e. The van der Waals surface area contributed by atoms with E-state index in [1.807, 2.05) is 60.7 Å². The molecule has 3 aromatic carbocycles. The molecule has 4 rings (SSSR count). The van der Waals surface area contributed by atoms with E-state index in [1.54, 1.807) is 23.9 Å². The minimum absolute atomic E-state index is 0.000514. The van der Waals surface area contributed by atoms with Gasteiger partial charge in [0.2, 0.25) is 0 Å². The van der Waals surface area contributed by atoms with Gasteiger partial charge in [-0.1, -0.05) is 55.5 Å². The summed E-state index contributed by atoms with van der Waals surface area (Å²) in [6.07, 6.45) is -0.800. The van der Waals surface area contributed by atoms with Gasteiger partial charge < -0.3 is 25.4 Å². The van der Waals surface area contributed by atoms with Crippen LogP contribution in [-0.2, 0) is 22.6 Å². The van der Waals surface area contributed by atoms with E-state index in [4.69, 9.17) is 20.3 Å². The van der Waals surface area contributed by atoms with Crippen LogP contribution in [0.2, 0.25) is 0 Å². The molecule has 4 N–H and O–H groups in total. The molecule has 0 unspecified atom stereocenters. The van der Waals surface area contributed by atoms with Gasteiger partial charge in [-0.05, 0) is 41.0 Å². The van der Waals surface area contributed by atoms with Gasteiger partial charge in [-0.25, -0.2) is 4.79 Å². The standard InChI is InChI=1S/C27H29NO5S/c1-17-24(16-34-23-12-10-21(11-13-23)26(30)31)32-27(22-8-2-18(14-28)3-9-22)33-25(17)20-6-4-19(15-29)5-7-20/h2-13,17,24-25,27,29H,14-16,28H2,1H3,(H,30,31)/t17-,24+,25+,27+/m0/s1. The summed E-state index contributed by atoms with van der Waals surface area (Å²) in [5.41, 5.74) is 9.89. The van der Waals surface area contributed by atoms with Gasteiger partial charge in [0.25, 0.3) is 0 Å². The molecule has 0 aromatic heterocycles. The lowest BCUT2D eigenvalue weighted by molar-refractivity contribution is -0.268. The molecule has 0 radical (unpaired) electrons. The molecule has 0 aliphatic carbocycles. The zero-order chi connectivity index (χ0) is 24.1. The second-order valence-electron chi connectivity index (χ2n) is 8.41. The fourth-order valence-corrected chi connectivity index (χ4v) is 5.06. The van der Waals surface area contributed by atoms with Crippen LogP contribution in [0.5, 0.6) is 0 Å². The molecule has 1 fully saturated rings. The Balaban J connectivity index is 1.55. The Hall–Kier alpha value is -2.68. The van der Waals surface area contributed by atoms with Crippen molar-refractivity contribution < 1.29 is 24.5 Å². The van der Waals surface area contributed by atoms with E-state index in [9.17, 15) is 9.90 Å². The molecule has 0 spiro atoms. The van der Waals surface area contributed by atoms with Gasteiger partial charge in [0.1, 0.15) is 0 Å². The molecule has 1 heterocycles. The number of hydrogen-bond acceptors (Lipinski definition) is 6. The third-order valence-corrected chi connectivity index (χ3v) is 7.23. The third-order valence-electron chi connectivity index (χ3n) is 6.13. The summed E-state index contributed by atoms with van der Waals surface area (Å²) < 4.78 is 12.9. The normalized spacial score (nSPS) is 22.4. The van der Waals surface area contributed by atoms with E-state index < -0.39 is 12.3 Å². The Bertz CT molecular complexity index is 1090. The average Bonchev–Trinajstić information content (AvgIpc) is 2.88. The summed E-state index contributed by atoms with van der Waals surface area (Å²) in [5, 5.41) is 18.5. The summed E-state index contributed by atoms with van der Waals surface area (Å²) in [6.45, 7) is 2.60. The number of carbonyl (C=O) groups is 1. The van der Waals surface area contributed by atoms with E-state index in [0.29, 0.717) is 12.3 Å². The maximum absolute atomic E-state index is 11.1. The number of thioether (sulfide) groups is 1. The average molecular weight is 480 g/mol. The molecule has 0 bridgehead atoms. The summed E-state index contributed by atoms with van der Waals surface area (Å²) in [4.78, 5) is 12.1. The first kappa shape index (κ1) is 24.4. The van der Waals surface area contributed by atoms with Crippen molar-refractivity contribution in [3.63, 3.8) is 0 Å². The van der Waals surface area contributed by atoms with Crippen LogP contribution in [0.1, 0.15) is 51.9 Å². The molecule has 3 aromatic rings. The fourth-order valence-electron chi connectivity index (χ4n) is 3.99. The van der Waals surface area contributed by atoms with Crippen molar-refractivity contribution in [2.75, 3.05) is 5.75 Å². The van der Waals surface area contributed by atoms with Crippen LogP contribution >= 0.6 is 11.8 Å². The molecule has 7 heteroatoms. The van der Waals surface area contributed by atoms with Crippen molar-refractivity contribution in [3.8, 4) is 0 Å². The van der Waals surface area contributed by atoms with Crippen molar-refractivity contribution >= 4 is 17.7 Å². The fraction of sp³-hybridized carbons (Fsp3) is 0.296. The summed E-state index contributed by atoms with van der Waals surface area (Å²) in [7, 11) is 0. The molecule has 0 amide bonds. The highest BCUT2D eigenvalue weighted by atomic mass is 32.2. The lowest BCUT2D eigenvalue weighted by Crippen LogP contribution is -2.38. The number of aliphatic hydroxyl groups is 1. The van der Waals surface area contributed by atoms with Crippen molar-refractivity contribution in [3.05, 3.63) is 101 Å². The van der Waals surface area contributed by atoms with Gasteiger partial charge in [-0.15, -0.1) is 11.8 Å². The molecule has 34 heavy (non-hydrogen) atoms. The van der Waals surface area contributed by atoms with Gasteiger partial charge in [-0.2, -0.15) is 0 Å². The van der Waals surface area contributed by atoms with Gasteiger partial charge in [0.15, 0.2) is 6.29 Å². The zero-order valence-electron chi connectivity index (χ0n) is 19.0. The lowest BCUT2D eigenvalue weighted by atomic mass is 9.91. The number of aromatic carboxylic acids is 1. The van der Waals surface area contributed by atoms with Crippen LogP contribution in [0, 0.1) is 5.92 Å². The topological polar surface area (TPSA) is 102 Å². The summed E-state index contributed by atoms with van der Waals surface area (Å²) >= 11 is 1.63. The first-order valence-corrected chi connectivity index (χ1v) is 12.2. The minimum atomic E-state index is -0.934. The van der Waals surface area contributed by atoms with E-state index in [-0.39, 0.29) is 30.3 Å². The smallest absolute Gasteiger partial charge is 0.335 e. The molecule has 4 atom stereocenters.